The summed E-state index contributed by atoms with van der Waals surface area (Å²) in [7, 11) is 0. The minimum absolute atomic E-state index is 0.143. The number of halogens is 3. The number of hydrogen-bond donors (Lipinski definition) is 1. The minimum Gasteiger partial charge on any atom is -0.346 e. The van der Waals surface area contributed by atoms with Gasteiger partial charge in [0.2, 0.25) is 0 Å². The summed E-state index contributed by atoms with van der Waals surface area (Å²) in [6.07, 6.45) is 0.293. The first-order valence-corrected chi connectivity index (χ1v) is 9.76. The molecule has 1 N–H and O–H groups in total. The van der Waals surface area contributed by atoms with Crippen LogP contribution in [0.2, 0.25) is 0 Å². The van der Waals surface area contributed by atoms with Crippen LogP contribution in [0.4, 0.5) is 13.2 Å². The lowest BCUT2D eigenvalue weighted by Crippen LogP contribution is -2.23. The van der Waals surface area contributed by atoms with Gasteiger partial charge in [-0.15, -0.1) is 0 Å². The van der Waals surface area contributed by atoms with Crippen molar-refractivity contribution in [2.45, 2.75) is 33.1 Å². The Kier molecular flexibility index (Phi) is 5.60. The van der Waals surface area contributed by atoms with Gasteiger partial charge in [0.15, 0.2) is 0 Å². The lowest BCUT2D eigenvalue weighted by molar-refractivity contribution is -0.141. The molecule has 3 aromatic heterocycles. The molecule has 0 bridgehead atoms. The maximum atomic E-state index is 13.2. The molecule has 1 amide bonds. The van der Waals surface area contributed by atoms with E-state index in [9.17, 15) is 18.0 Å². The molecule has 3 heterocycles. The van der Waals surface area contributed by atoms with Gasteiger partial charge in [0.25, 0.3) is 5.91 Å². The van der Waals surface area contributed by atoms with Gasteiger partial charge in [-0.1, -0.05) is 6.07 Å². The van der Waals surface area contributed by atoms with Crippen molar-refractivity contribution >= 4 is 16.8 Å². The number of carbonyl (C=O) groups is 1. The van der Waals surface area contributed by atoms with E-state index in [0.29, 0.717) is 22.5 Å². The standard InChI is InChI=1S/C22H19F3N6O/c1-13-3-6-18(28-8-13)20-17-5-4-15(7-19(17)31(30-20)12-22(23,24)25)21(32)29-11-16-10-26-14(2)9-27-16/h3-10H,11-12H2,1-2H3,(H,29,32). The summed E-state index contributed by atoms with van der Waals surface area (Å²) >= 11 is 0. The molecule has 0 unspecified atom stereocenters. The quantitative estimate of drug-likeness (QED) is 0.507. The van der Waals surface area contributed by atoms with E-state index in [1.807, 2.05) is 13.0 Å². The van der Waals surface area contributed by atoms with E-state index in [1.54, 1.807) is 43.7 Å². The van der Waals surface area contributed by atoms with Gasteiger partial charge in [0, 0.05) is 23.3 Å². The predicted molar refractivity (Wildman–Crippen MR) is 112 cm³/mol. The minimum atomic E-state index is -4.47. The van der Waals surface area contributed by atoms with Crippen LogP contribution in [0.15, 0.2) is 48.9 Å². The van der Waals surface area contributed by atoms with Crippen molar-refractivity contribution < 1.29 is 18.0 Å². The van der Waals surface area contributed by atoms with Gasteiger partial charge >= 0.3 is 6.18 Å². The highest BCUT2D eigenvalue weighted by Gasteiger charge is 2.30. The number of aryl methyl sites for hydroxylation is 2. The number of benzene rings is 1. The number of nitrogens with one attached hydrogen (secondary N) is 1. The Hall–Kier alpha value is -3.82. The Morgan fingerprint density at radius 1 is 1.03 bits per heavy atom. The Balaban J connectivity index is 1.68. The highest BCUT2D eigenvalue weighted by Crippen LogP contribution is 2.30. The van der Waals surface area contributed by atoms with Gasteiger partial charge in [0.1, 0.15) is 12.2 Å². The smallest absolute Gasteiger partial charge is 0.346 e. The van der Waals surface area contributed by atoms with Crippen molar-refractivity contribution in [1.82, 2.24) is 30.0 Å². The molecule has 4 aromatic rings. The van der Waals surface area contributed by atoms with Gasteiger partial charge in [-0.05, 0) is 43.7 Å². The van der Waals surface area contributed by atoms with Crippen LogP contribution in [0, 0.1) is 13.8 Å². The van der Waals surface area contributed by atoms with Gasteiger partial charge in [0.05, 0.1) is 35.3 Å². The van der Waals surface area contributed by atoms with Gasteiger partial charge in [-0.25, -0.2) is 0 Å². The monoisotopic (exact) mass is 440 g/mol. The van der Waals surface area contributed by atoms with Crippen LogP contribution in [0.25, 0.3) is 22.3 Å². The second kappa shape index (κ2) is 8.37. The Bertz CT molecular complexity index is 1260. The fourth-order valence-corrected chi connectivity index (χ4v) is 3.19. The molecule has 0 aliphatic rings. The number of nitrogens with zero attached hydrogens (tertiary/aromatic N) is 5. The van der Waals surface area contributed by atoms with Crippen LogP contribution in [0.3, 0.4) is 0 Å². The molecule has 0 fully saturated rings. The molecular formula is C22H19F3N6O. The van der Waals surface area contributed by atoms with Crippen molar-refractivity contribution in [3.63, 3.8) is 0 Å². The van der Waals surface area contributed by atoms with E-state index in [1.165, 1.54) is 6.07 Å². The van der Waals surface area contributed by atoms with E-state index in [-0.39, 0.29) is 17.6 Å². The van der Waals surface area contributed by atoms with Crippen LogP contribution in [0.1, 0.15) is 27.3 Å². The largest absolute Gasteiger partial charge is 0.408 e. The lowest BCUT2D eigenvalue weighted by Gasteiger charge is -2.08. The number of rotatable bonds is 5. The maximum Gasteiger partial charge on any atom is 0.408 e. The average molecular weight is 440 g/mol. The summed E-state index contributed by atoms with van der Waals surface area (Å²) in [5.74, 6) is -0.441. The van der Waals surface area contributed by atoms with Crippen LogP contribution in [-0.2, 0) is 13.1 Å². The normalized spacial score (nSPS) is 11.7. The second-order valence-corrected chi connectivity index (χ2v) is 7.41. The van der Waals surface area contributed by atoms with Crippen LogP contribution < -0.4 is 5.32 Å². The average Bonchev–Trinajstić information content (AvgIpc) is 3.10. The zero-order chi connectivity index (χ0) is 22.9. The van der Waals surface area contributed by atoms with Crippen LogP contribution in [0.5, 0.6) is 0 Å². The number of fused-ring (bicyclic) bond motifs is 1. The lowest BCUT2D eigenvalue weighted by atomic mass is 10.1. The van der Waals surface area contributed by atoms with Crippen molar-refractivity contribution in [3.05, 3.63) is 71.4 Å². The van der Waals surface area contributed by atoms with Crippen molar-refractivity contribution in [2.75, 3.05) is 0 Å². The molecule has 0 saturated heterocycles. The highest BCUT2D eigenvalue weighted by molar-refractivity contribution is 6.00. The van der Waals surface area contributed by atoms with Crippen molar-refractivity contribution in [3.8, 4) is 11.4 Å². The first-order chi connectivity index (χ1) is 15.2. The number of carbonyl (C=O) groups excluding carboxylic acids is 1. The summed E-state index contributed by atoms with van der Waals surface area (Å²) in [4.78, 5) is 25.2. The third-order valence-corrected chi connectivity index (χ3v) is 4.76. The number of hydrogen-bond acceptors (Lipinski definition) is 5. The van der Waals surface area contributed by atoms with Crippen molar-refractivity contribution in [1.29, 1.82) is 0 Å². The molecule has 0 saturated carbocycles. The molecule has 0 radical (unpaired) electrons. The number of amides is 1. The molecule has 0 aliphatic heterocycles. The van der Waals surface area contributed by atoms with E-state index in [4.69, 9.17) is 0 Å². The third-order valence-electron chi connectivity index (χ3n) is 4.76. The Morgan fingerprint density at radius 2 is 1.84 bits per heavy atom. The molecule has 4 rings (SSSR count). The van der Waals surface area contributed by atoms with Gasteiger partial charge < -0.3 is 5.32 Å². The molecule has 164 valence electrons. The molecule has 7 nitrogen and oxygen atoms in total. The first kappa shape index (κ1) is 21.4. The van der Waals surface area contributed by atoms with E-state index in [2.05, 4.69) is 25.4 Å². The van der Waals surface area contributed by atoms with Crippen molar-refractivity contribution in [2.24, 2.45) is 0 Å². The van der Waals surface area contributed by atoms with Crippen LogP contribution in [-0.4, -0.2) is 36.8 Å². The molecule has 1 aromatic carbocycles. The Labute approximate surface area is 181 Å². The predicted octanol–water partition coefficient (Wildman–Crippen LogP) is 4.00. The topological polar surface area (TPSA) is 85.6 Å². The van der Waals surface area contributed by atoms with E-state index in [0.717, 1.165) is 15.9 Å². The maximum absolute atomic E-state index is 13.2. The fourth-order valence-electron chi connectivity index (χ4n) is 3.19. The molecule has 0 atom stereocenters. The summed E-state index contributed by atoms with van der Waals surface area (Å²) in [5, 5.41) is 7.35. The third kappa shape index (κ3) is 4.74. The number of aromatic nitrogens is 5. The summed E-state index contributed by atoms with van der Waals surface area (Å²) in [6.45, 7) is 2.53. The summed E-state index contributed by atoms with van der Waals surface area (Å²) in [5.41, 5.74) is 3.43. The molecule has 0 aliphatic carbocycles. The van der Waals surface area contributed by atoms with E-state index >= 15 is 0 Å². The zero-order valence-electron chi connectivity index (χ0n) is 17.3. The van der Waals surface area contributed by atoms with Gasteiger partial charge in [-0.2, -0.15) is 18.3 Å². The number of alkyl halides is 3. The molecular weight excluding hydrogens is 421 g/mol. The molecule has 0 spiro atoms. The Morgan fingerprint density at radius 3 is 2.50 bits per heavy atom. The second-order valence-electron chi connectivity index (χ2n) is 7.41. The first-order valence-electron chi connectivity index (χ1n) is 9.76. The fraction of sp³-hybridized carbons (Fsp3) is 0.227. The molecule has 10 heteroatoms. The highest BCUT2D eigenvalue weighted by atomic mass is 19.4. The van der Waals surface area contributed by atoms with Crippen LogP contribution >= 0.6 is 0 Å². The summed E-state index contributed by atoms with van der Waals surface area (Å²) < 4.78 is 40.3. The van der Waals surface area contributed by atoms with Gasteiger partial charge in [-0.3, -0.25) is 24.4 Å². The number of pyridine rings is 1. The molecule has 32 heavy (non-hydrogen) atoms. The zero-order valence-corrected chi connectivity index (χ0v) is 17.3. The van der Waals surface area contributed by atoms with E-state index < -0.39 is 18.6 Å². The SMILES string of the molecule is Cc1ccc(-c2nn(CC(F)(F)F)c3cc(C(=O)NCc4cnc(C)cn4)ccc23)nc1. The summed E-state index contributed by atoms with van der Waals surface area (Å²) in [6, 6.07) is 8.06.